The quantitative estimate of drug-likeness (QED) is 0.198. The van der Waals surface area contributed by atoms with Crippen LogP contribution in [-0.2, 0) is 4.75 Å². The molecule has 5 aromatic carbocycles. The van der Waals surface area contributed by atoms with E-state index in [1.54, 1.807) is 11.8 Å². The molecule has 0 amide bonds. The topological polar surface area (TPSA) is 43.6 Å². The third-order valence-corrected chi connectivity index (χ3v) is 9.48. The minimum atomic E-state index is -0.181. The van der Waals surface area contributed by atoms with E-state index in [1.165, 1.54) is 5.56 Å². The standard InChI is InChI=1S/C40H30N4S/c1-40(2)32-24-23-31(38-41-33(27-15-7-3-8-16-27)26-34(42-38)28-17-9-4-10-18-28)25-35(32)44-37(30-21-13-6-14-22-30)36(43-39(44)45-40)29-19-11-5-12-20-29/h3-26H,1-2H3. The van der Waals surface area contributed by atoms with Crippen LogP contribution >= 0.6 is 11.8 Å². The zero-order chi connectivity index (χ0) is 30.4. The van der Waals surface area contributed by atoms with Crippen molar-refractivity contribution in [1.29, 1.82) is 0 Å². The highest BCUT2D eigenvalue weighted by atomic mass is 32.2. The molecule has 3 heterocycles. The van der Waals surface area contributed by atoms with Gasteiger partial charge in [0, 0.05) is 32.6 Å². The fraction of sp³-hybridized carbons (Fsp3) is 0.0750. The molecule has 45 heavy (non-hydrogen) atoms. The molecular weight excluding hydrogens is 569 g/mol. The van der Waals surface area contributed by atoms with Gasteiger partial charge in [0.25, 0.3) is 0 Å². The van der Waals surface area contributed by atoms with Crippen LogP contribution in [-0.4, -0.2) is 19.5 Å². The van der Waals surface area contributed by atoms with Crippen molar-refractivity contribution in [2.45, 2.75) is 23.8 Å². The average molecular weight is 599 g/mol. The number of nitrogens with zero attached hydrogens (tertiary/aromatic N) is 4. The second kappa shape index (κ2) is 11.0. The van der Waals surface area contributed by atoms with Gasteiger partial charge in [0.15, 0.2) is 11.0 Å². The molecule has 0 aliphatic carbocycles. The lowest BCUT2D eigenvalue weighted by Gasteiger charge is -2.33. The van der Waals surface area contributed by atoms with Gasteiger partial charge in [-0.3, -0.25) is 4.57 Å². The number of aromatic nitrogens is 4. The molecule has 0 bridgehead atoms. The first-order valence-electron chi connectivity index (χ1n) is 15.1. The number of benzene rings is 5. The van der Waals surface area contributed by atoms with Crippen molar-refractivity contribution in [2.24, 2.45) is 0 Å². The maximum absolute atomic E-state index is 5.30. The van der Waals surface area contributed by atoms with E-state index < -0.39 is 0 Å². The first kappa shape index (κ1) is 27.3. The molecule has 1 aliphatic heterocycles. The molecule has 7 aromatic rings. The Balaban J connectivity index is 1.37. The summed E-state index contributed by atoms with van der Waals surface area (Å²) < 4.78 is 2.16. The second-order valence-corrected chi connectivity index (χ2v) is 13.3. The van der Waals surface area contributed by atoms with Crippen LogP contribution in [0.15, 0.2) is 151 Å². The molecule has 5 heteroatoms. The lowest BCUT2D eigenvalue weighted by molar-refractivity contribution is 0.724. The van der Waals surface area contributed by atoms with E-state index in [0.29, 0.717) is 5.82 Å². The molecule has 0 radical (unpaired) electrons. The zero-order valence-electron chi connectivity index (χ0n) is 25.1. The summed E-state index contributed by atoms with van der Waals surface area (Å²) in [5.41, 5.74) is 11.5. The van der Waals surface area contributed by atoms with E-state index in [4.69, 9.17) is 15.0 Å². The highest BCUT2D eigenvalue weighted by Crippen LogP contribution is 2.52. The van der Waals surface area contributed by atoms with Crippen LogP contribution in [0.5, 0.6) is 0 Å². The van der Waals surface area contributed by atoms with Gasteiger partial charge in [-0.05, 0) is 31.5 Å². The highest BCUT2D eigenvalue weighted by Gasteiger charge is 2.36. The van der Waals surface area contributed by atoms with Gasteiger partial charge in [-0.15, -0.1) is 0 Å². The van der Waals surface area contributed by atoms with E-state index in [2.05, 4.69) is 122 Å². The van der Waals surface area contributed by atoms with Crippen molar-refractivity contribution in [1.82, 2.24) is 19.5 Å². The molecule has 0 N–H and O–H groups in total. The number of fused-ring (bicyclic) bond motifs is 3. The van der Waals surface area contributed by atoms with Crippen LogP contribution in [0.2, 0.25) is 0 Å². The maximum atomic E-state index is 5.30. The van der Waals surface area contributed by atoms with E-state index in [-0.39, 0.29) is 4.75 Å². The van der Waals surface area contributed by atoms with E-state index in [1.807, 2.05) is 42.5 Å². The number of rotatable bonds is 5. The molecule has 0 saturated heterocycles. The lowest BCUT2D eigenvalue weighted by atomic mass is 9.96. The van der Waals surface area contributed by atoms with Gasteiger partial charge >= 0.3 is 0 Å². The Kier molecular flexibility index (Phi) is 6.69. The van der Waals surface area contributed by atoms with E-state index in [0.717, 1.165) is 61.4 Å². The zero-order valence-corrected chi connectivity index (χ0v) is 25.9. The molecule has 2 aromatic heterocycles. The van der Waals surface area contributed by atoms with Gasteiger partial charge in [-0.2, -0.15) is 0 Å². The van der Waals surface area contributed by atoms with Gasteiger partial charge < -0.3 is 0 Å². The fourth-order valence-electron chi connectivity index (χ4n) is 6.09. The summed E-state index contributed by atoms with van der Waals surface area (Å²) in [5.74, 6) is 0.695. The Morgan fingerprint density at radius 3 is 1.58 bits per heavy atom. The smallest absolute Gasteiger partial charge is 0.174 e. The monoisotopic (exact) mass is 598 g/mol. The summed E-state index contributed by atoms with van der Waals surface area (Å²) in [7, 11) is 0. The molecule has 0 unspecified atom stereocenters. The van der Waals surface area contributed by atoms with Gasteiger partial charge in [-0.1, -0.05) is 145 Å². The van der Waals surface area contributed by atoms with Crippen molar-refractivity contribution in [2.75, 3.05) is 0 Å². The number of imidazole rings is 1. The Bertz CT molecular complexity index is 2080. The molecule has 8 rings (SSSR count). The van der Waals surface area contributed by atoms with Gasteiger partial charge in [0.2, 0.25) is 0 Å². The third kappa shape index (κ3) is 4.95. The Labute approximate surface area is 267 Å². The molecular formula is C40H30N4S. The summed E-state index contributed by atoms with van der Waals surface area (Å²) in [5, 5.41) is 0.978. The fourth-order valence-corrected chi connectivity index (χ4v) is 7.25. The number of hydrogen-bond acceptors (Lipinski definition) is 4. The Hall–Kier alpha value is -5.26. The van der Waals surface area contributed by atoms with Crippen LogP contribution in [0.25, 0.3) is 62.1 Å². The number of thioether (sulfide) groups is 1. The summed E-state index contributed by atoms with van der Waals surface area (Å²) in [6.07, 6.45) is 0. The first-order valence-corrected chi connectivity index (χ1v) is 15.9. The van der Waals surface area contributed by atoms with E-state index >= 15 is 0 Å². The average Bonchev–Trinajstić information content (AvgIpc) is 3.48. The van der Waals surface area contributed by atoms with Crippen LogP contribution in [0.1, 0.15) is 19.4 Å². The SMILES string of the molecule is CC1(C)Sc2nc(-c3ccccc3)c(-c3ccccc3)n2-c2cc(-c3nc(-c4ccccc4)cc(-c4ccccc4)n3)ccc21. The molecule has 0 saturated carbocycles. The van der Waals surface area contributed by atoms with E-state index in [9.17, 15) is 0 Å². The second-order valence-electron chi connectivity index (χ2n) is 11.7. The molecule has 1 aliphatic rings. The predicted octanol–water partition coefficient (Wildman–Crippen LogP) is 10.3. The molecule has 0 fully saturated rings. The lowest BCUT2D eigenvalue weighted by Crippen LogP contribution is -2.22. The van der Waals surface area contributed by atoms with Gasteiger partial charge in [0.05, 0.1) is 28.5 Å². The Morgan fingerprint density at radius 2 is 1.02 bits per heavy atom. The largest absolute Gasteiger partial charge is 0.286 e. The van der Waals surface area contributed by atoms with Crippen LogP contribution in [0.3, 0.4) is 0 Å². The van der Waals surface area contributed by atoms with Gasteiger partial charge in [-0.25, -0.2) is 15.0 Å². The third-order valence-electron chi connectivity index (χ3n) is 8.30. The maximum Gasteiger partial charge on any atom is 0.174 e. The predicted molar refractivity (Wildman–Crippen MR) is 185 cm³/mol. The minimum Gasteiger partial charge on any atom is -0.286 e. The molecule has 0 spiro atoms. The normalized spacial score (nSPS) is 13.2. The van der Waals surface area contributed by atoms with Crippen LogP contribution in [0.4, 0.5) is 0 Å². The van der Waals surface area contributed by atoms with Crippen molar-refractivity contribution in [3.8, 4) is 62.1 Å². The van der Waals surface area contributed by atoms with Crippen molar-refractivity contribution < 1.29 is 0 Å². The molecule has 0 atom stereocenters. The molecule has 216 valence electrons. The van der Waals surface area contributed by atoms with Crippen LogP contribution in [0, 0.1) is 0 Å². The highest BCUT2D eigenvalue weighted by molar-refractivity contribution is 8.00. The van der Waals surface area contributed by atoms with Crippen molar-refractivity contribution in [3.63, 3.8) is 0 Å². The van der Waals surface area contributed by atoms with Crippen LogP contribution < -0.4 is 0 Å². The summed E-state index contributed by atoms with van der Waals surface area (Å²) in [6, 6.07) is 50.5. The number of hydrogen-bond donors (Lipinski definition) is 0. The van der Waals surface area contributed by atoms with Crippen molar-refractivity contribution >= 4 is 11.8 Å². The molecule has 4 nitrogen and oxygen atoms in total. The summed E-state index contributed by atoms with van der Waals surface area (Å²) >= 11 is 1.80. The first-order chi connectivity index (χ1) is 22.0. The summed E-state index contributed by atoms with van der Waals surface area (Å²) in [4.78, 5) is 15.6. The summed E-state index contributed by atoms with van der Waals surface area (Å²) in [6.45, 7) is 4.55. The minimum absolute atomic E-state index is 0.181. The Morgan fingerprint density at radius 1 is 0.511 bits per heavy atom. The van der Waals surface area contributed by atoms with Crippen molar-refractivity contribution in [3.05, 3.63) is 151 Å². The van der Waals surface area contributed by atoms with Gasteiger partial charge in [0.1, 0.15) is 0 Å².